The number of nitrogens with one attached hydrogen (secondary N) is 1. The van der Waals surface area contributed by atoms with Crippen LogP contribution >= 0.6 is 15.9 Å². The zero-order valence-electron chi connectivity index (χ0n) is 13.2. The standard InChI is InChI=1S/C17H27BrN2O/c1-14(2)19-13-15-7-5-8-16(18)17(15)21-12-6-11-20-9-3-4-10-20/h5,7-8,14,19H,3-4,6,9-13H2,1-2H3. The first-order chi connectivity index (χ1) is 10.2. The fraction of sp³-hybridized carbons (Fsp3) is 0.647. The molecular weight excluding hydrogens is 328 g/mol. The summed E-state index contributed by atoms with van der Waals surface area (Å²) in [6.45, 7) is 9.64. The van der Waals surface area contributed by atoms with E-state index in [1.54, 1.807) is 0 Å². The Morgan fingerprint density at radius 3 is 2.76 bits per heavy atom. The Morgan fingerprint density at radius 2 is 2.05 bits per heavy atom. The minimum Gasteiger partial charge on any atom is -0.492 e. The number of hydrogen-bond acceptors (Lipinski definition) is 3. The van der Waals surface area contributed by atoms with Gasteiger partial charge in [0.2, 0.25) is 0 Å². The molecule has 0 aliphatic carbocycles. The normalized spacial score (nSPS) is 15.8. The highest BCUT2D eigenvalue weighted by atomic mass is 79.9. The molecule has 1 heterocycles. The number of rotatable bonds is 8. The van der Waals surface area contributed by atoms with Crippen molar-refractivity contribution in [1.82, 2.24) is 10.2 Å². The molecule has 0 aromatic heterocycles. The van der Waals surface area contributed by atoms with E-state index in [1.807, 2.05) is 0 Å². The van der Waals surface area contributed by atoms with Crippen LogP contribution in [-0.2, 0) is 6.54 Å². The summed E-state index contributed by atoms with van der Waals surface area (Å²) in [7, 11) is 0. The van der Waals surface area contributed by atoms with Crippen LogP contribution in [0.1, 0.15) is 38.7 Å². The molecule has 118 valence electrons. The predicted octanol–water partition coefficient (Wildman–Crippen LogP) is 3.81. The lowest BCUT2D eigenvalue weighted by atomic mass is 10.2. The Kier molecular flexibility index (Phi) is 7.00. The minimum absolute atomic E-state index is 0.479. The van der Waals surface area contributed by atoms with Crippen LogP contribution in [-0.4, -0.2) is 37.2 Å². The molecule has 2 rings (SSSR count). The van der Waals surface area contributed by atoms with Crippen LogP contribution in [0.5, 0.6) is 5.75 Å². The Bertz CT molecular complexity index is 431. The number of ether oxygens (including phenoxy) is 1. The van der Waals surface area contributed by atoms with Gasteiger partial charge in [0, 0.05) is 24.7 Å². The SMILES string of the molecule is CC(C)NCc1cccc(Br)c1OCCCN1CCCC1. The monoisotopic (exact) mass is 354 g/mol. The van der Waals surface area contributed by atoms with E-state index in [0.29, 0.717) is 6.04 Å². The summed E-state index contributed by atoms with van der Waals surface area (Å²) in [6.07, 6.45) is 3.81. The van der Waals surface area contributed by atoms with Crippen molar-refractivity contribution in [2.75, 3.05) is 26.2 Å². The largest absolute Gasteiger partial charge is 0.492 e. The lowest BCUT2D eigenvalue weighted by Crippen LogP contribution is -2.23. The molecule has 0 radical (unpaired) electrons. The van der Waals surface area contributed by atoms with Gasteiger partial charge in [0.25, 0.3) is 0 Å². The maximum Gasteiger partial charge on any atom is 0.137 e. The lowest BCUT2D eigenvalue weighted by molar-refractivity contribution is 0.260. The molecule has 1 saturated heterocycles. The molecule has 0 amide bonds. The van der Waals surface area contributed by atoms with Crippen molar-refractivity contribution in [3.63, 3.8) is 0 Å². The van der Waals surface area contributed by atoms with E-state index in [-0.39, 0.29) is 0 Å². The molecule has 21 heavy (non-hydrogen) atoms. The molecule has 1 fully saturated rings. The van der Waals surface area contributed by atoms with Crippen LogP contribution in [0, 0.1) is 0 Å². The van der Waals surface area contributed by atoms with Gasteiger partial charge in [-0.15, -0.1) is 0 Å². The van der Waals surface area contributed by atoms with Crippen LogP contribution in [0.25, 0.3) is 0 Å². The molecule has 1 aliphatic heterocycles. The Hall–Kier alpha value is -0.580. The van der Waals surface area contributed by atoms with Crippen molar-refractivity contribution in [3.8, 4) is 5.75 Å². The zero-order chi connectivity index (χ0) is 15.1. The fourth-order valence-corrected chi connectivity index (χ4v) is 3.16. The number of nitrogens with zero attached hydrogens (tertiary/aromatic N) is 1. The molecule has 1 aliphatic rings. The molecule has 1 aromatic carbocycles. The summed E-state index contributed by atoms with van der Waals surface area (Å²) in [5.74, 6) is 0.993. The third kappa shape index (κ3) is 5.61. The number of hydrogen-bond donors (Lipinski definition) is 1. The van der Waals surface area contributed by atoms with Crippen molar-refractivity contribution in [1.29, 1.82) is 0 Å². The summed E-state index contributed by atoms with van der Waals surface area (Å²) < 4.78 is 7.09. The van der Waals surface area contributed by atoms with Crippen molar-refractivity contribution in [2.24, 2.45) is 0 Å². The van der Waals surface area contributed by atoms with Crippen LogP contribution in [0.3, 0.4) is 0 Å². The molecule has 0 saturated carbocycles. The van der Waals surface area contributed by atoms with E-state index in [9.17, 15) is 0 Å². The molecule has 0 bridgehead atoms. The van der Waals surface area contributed by atoms with Crippen molar-refractivity contribution < 1.29 is 4.74 Å². The second-order valence-electron chi connectivity index (χ2n) is 6.01. The van der Waals surface area contributed by atoms with E-state index in [4.69, 9.17) is 4.74 Å². The quantitative estimate of drug-likeness (QED) is 0.718. The first-order valence-electron chi connectivity index (χ1n) is 8.02. The first kappa shape index (κ1) is 16.8. The van der Waals surface area contributed by atoms with Gasteiger partial charge in [-0.2, -0.15) is 0 Å². The highest BCUT2D eigenvalue weighted by molar-refractivity contribution is 9.10. The van der Waals surface area contributed by atoms with Crippen LogP contribution in [0.2, 0.25) is 0 Å². The minimum atomic E-state index is 0.479. The molecule has 0 unspecified atom stereocenters. The first-order valence-corrected chi connectivity index (χ1v) is 8.82. The molecule has 0 spiro atoms. The molecule has 0 atom stereocenters. The maximum atomic E-state index is 6.05. The summed E-state index contributed by atoms with van der Waals surface area (Å²) in [6, 6.07) is 6.73. The van der Waals surface area contributed by atoms with Gasteiger partial charge in [0.1, 0.15) is 5.75 Å². The van der Waals surface area contributed by atoms with Gasteiger partial charge >= 0.3 is 0 Å². The van der Waals surface area contributed by atoms with Crippen LogP contribution < -0.4 is 10.1 Å². The van der Waals surface area contributed by atoms with E-state index < -0.39 is 0 Å². The highest BCUT2D eigenvalue weighted by Crippen LogP contribution is 2.29. The number of halogens is 1. The van der Waals surface area contributed by atoms with Gasteiger partial charge < -0.3 is 15.0 Å². The van der Waals surface area contributed by atoms with Gasteiger partial charge in [0.05, 0.1) is 11.1 Å². The van der Waals surface area contributed by atoms with E-state index in [1.165, 1.54) is 31.5 Å². The Balaban J connectivity index is 1.82. The number of likely N-dealkylation sites (tertiary alicyclic amines) is 1. The smallest absolute Gasteiger partial charge is 0.137 e. The number of para-hydroxylation sites is 1. The van der Waals surface area contributed by atoms with Crippen molar-refractivity contribution in [3.05, 3.63) is 28.2 Å². The van der Waals surface area contributed by atoms with Gasteiger partial charge in [-0.3, -0.25) is 0 Å². The van der Waals surface area contributed by atoms with E-state index in [2.05, 4.69) is 58.2 Å². The average molecular weight is 355 g/mol. The van der Waals surface area contributed by atoms with Crippen LogP contribution in [0.4, 0.5) is 0 Å². The average Bonchev–Trinajstić information content (AvgIpc) is 2.96. The topological polar surface area (TPSA) is 24.5 Å². The summed E-state index contributed by atoms with van der Waals surface area (Å²) in [4.78, 5) is 2.53. The third-order valence-corrected chi connectivity index (χ3v) is 4.44. The lowest BCUT2D eigenvalue weighted by Gasteiger charge is -2.17. The van der Waals surface area contributed by atoms with Gasteiger partial charge in [-0.05, 0) is 54.3 Å². The molecule has 4 heteroatoms. The second-order valence-corrected chi connectivity index (χ2v) is 6.87. The predicted molar refractivity (Wildman–Crippen MR) is 91.9 cm³/mol. The third-order valence-electron chi connectivity index (χ3n) is 3.81. The molecule has 3 nitrogen and oxygen atoms in total. The summed E-state index contributed by atoms with van der Waals surface area (Å²) >= 11 is 3.61. The van der Waals surface area contributed by atoms with Gasteiger partial charge in [-0.25, -0.2) is 0 Å². The van der Waals surface area contributed by atoms with Crippen molar-refractivity contribution in [2.45, 2.75) is 45.7 Å². The zero-order valence-corrected chi connectivity index (χ0v) is 14.8. The second kappa shape index (κ2) is 8.76. The van der Waals surface area contributed by atoms with Gasteiger partial charge in [-0.1, -0.05) is 26.0 Å². The maximum absolute atomic E-state index is 6.05. The summed E-state index contributed by atoms with van der Waals surface area (Å²) in [5.41, 5.74) is 1.22. The Morgan fingerprint density at radius 1 is 1.29 bits per heavy atom. The van der Waals surface area contributed by atoms with Crippen molar-refractivity contribution >= 4 is 15.9 Å². The van der Waals surface area contributed by atoms with Gasteiger partial charge in [0.15, 0.2) is 0 Å². The Labute approximate surface area is 137 Å². The van der Waals surface area contributed by atoms with Crippen LogP contribution in [0.15, 0.2) is 22.7 Å². The van der Waals surface area contributed by atoms with E-state index in [0.717, 1.165) is 36.3 Å². The number of benzene rings is 1. The summed E-state index contributed by atoms with van der Waals surface area (Å²) in [5, 5.41) is 3.46. The van der Waals surface area contributed by atoms with E-state index >= 15 is 0 Å². The molecular formula is C17H27BrN2O. The highest BCUT2D eigenvalue weighted by Gasteiger charge is 2.12. The molecule has 1 N–H and O–H groups in total. The molecule has 1 aromatic rings. The fourth-order valence-electron chi connectivity index (χ4n) is 2.64.